The second kappa shape index (κ2) is 6.41. The molecule has 0 atom stereocenters. The molecule has 1 aromatic rings. The minimum Gasteiger partial charge on any atom is -0.491 e. The van der Waals surface area contributed by atoms with Crippen molar-refractivity contribution in [2.45, 2.75) is 19.3 Å². The van der Waals surface area contributed by atoms with Gasteiger partial charge < -0.3 is 4.74 Å². The van der Waals surface area contributed by atoms with Gasteiger partial charge in [0, 0.05) is 10.9 Å². The SMILES string of the molecule is N#CCCCCOc1ccc(Br)cc1F. The molecule has 0 aliphatic rings. The summed E-state index contributed by atoms with van der Waals surface area (Å²) in [4.78, 5) is 0. The lowest BCUT2D eigenvalue weighted by atomic mass is 10.2. The van der Waals surface area contributed by atoms with E-state index in [0.717, 1.165) is 12.8 Å². The maximum atomic E-state index is 13.2. The molecule has 0 aromatic heterocycles. The molecule has 1 rings (SSSR count). The van der Waals surface area contributed by atoms with E-state index in [-0.39, 0.29) is 11.6 Å². The summed E-state index contributed by atoms with van der Waals surface area (Å²) in [5.74, 6) is -0.111. The molecule has 0 fully saturated rings. The number of halogens is 2. The van der Waals surface area contributed by atoms with E-state index >= 15 is 0 Å². The molecule has 80 valence electrons. The van der Waals surface area contributed by atoms with Crippen LogP contribution in [-0.4, -0.2) is 6.61 Å². The number of nitrogens with zero attached hydrogens (tertiary/aromatic N) is 1. The van der Waals surface area contributed by atoms with Gasteiger partial charge >= 0.3 is 0 Å². The van der Waals surface area contributed by atoms with Crippen LogP contribution < -0.4 is 4.74 Å². The highest BCUT2D eigenvalue weighted by Crippen LogP contribution is 2.21. The van der Waals surface area contributed by atoms with Gasteiger partial charge in [0.2, 0.25) is 0 Å². The highest BCUT2D eigenvalue weighted by Gasteiger charge is 2.02. The summed E-state index contributed by atoms with van der Waals surface area (Å²) in [6.07, 6.45) is 2.07. The first-order valence-corrected chi connectivity index (χ1v) is 5.48. The average Bonchev–Trinajstić information content (AvgIpc) is 2.20. The maximum Gasteiger partial charge on any atom is 0.166 e. The first kappa shape index (κ1) is 12.0. The van der Waals surface area contributed by atoms with Gasteiger partial charge in [0.1, 0.15) is 0 Å². The predicted octanol–water partition coefficient (Wildman–Crippen LogP) is 3.66. The van der Waals surface area contributed by atoms with Crippen LogP contribution >= 0.6 is 15.9 Å². The number of benzene rings is 1. The van der Waals surface area contributed by atoms with E-state index in [4.69, 9.17) is 10.00 Å². The zero-order valence-corrected chi connectivity index (χ0v) is 9.76. The number of unbranched alkanes of at least 4 members (excludes halogenated alkanes) is 2. The van der Waals surface area contributed by atoms with E-state index in [0.29, 0.717) is 17.5 Å². The van der Waals surface area contributed by atoms with E-state index in [1.165, 1.54) is 6.07 Å². The van der Waals surface area contributed by atoms with Crippen molar-refractivity contribution in [1.82, 2.24) is 0 Å². The zero-order chi connectivity index (χ0) is 11.1. The van der Waals surface area contributed by atoms with E-state index in [1.54, 1.807) is 12.1 Å². The molecule has 0 aliphatic carbocycles. The summed E-state index contributed by atoms with van der Waals surface area (Å²) in [7, 11) is 0. The van der Waals surface area contributed by atoms with Crippen LogP contribution in [0.2, 0.25) is 0 Å². The van der Waals surface area contributed by atoms with Crippen molar-refractivity contribution in [3.63, 3.8) is 0 Å². The molecular formula is C11H11BrFNO. The summed E-state index contributed by atoms with van der Waals surface area (Å²) in [6.45, 7) is 0.445. The van der Waals surface area contributed by atoms with Gasteiger partial charge in [-0.3, -0.25) is 0 Å². The van der Waals surface area contributed by atoms with Gasteiger partial charge in [0.15, 0.2) is 11.6 Å². The van der Waals surface area contributed by atoms with Crippen molar-refractivity contribution in [3.8, 4) is 11.8 Å². The van der Waals surface area contributed by atoms with E-state index in [1.807, 2.05) is 6.07 Å². The third-order valence-corrected chi connectivity index (χ3v) is 2.33. The number of hydrogen-bond donors (Lipinski definition) is 0. The lowest BCUT2D eigenvalue weighted by molar-refractivity contribution is 0.292. The molecule has 0 N–H and O–H groups in total. The molecule has 2 nitrogen and oxygen atoms in total. The molecule has 4 heteroatoms. The van der Waals surface area contributed by atoms with Gasteiger partial charge in [-0.1, -0.05) is 15.9 Å². The van der Waals surface area contributed by atoms with E-state index in [9.17, 15) is 4.39 Å². The smallest absolute Gasteiger partial charge is 0.166 e. The van der Waals surface area contributed by atoms with Crippen LogP contribution in [0.4, 0.5) is 4.39 Å². The molecule has 0 saturated heterocycles. The molecule has 0 bridgehead atoms. The fourth-order valence-electron chi connectivity index (χ4n) is 1.08. The number of ether oxygens (including phenoxy) is 1. The number of rotatable bonds is 5. The fourth-order valence-corrected chi connectivity index (χ4v) is 1.41. The Morgan fingerprint density at radius 2 is 2.20 bits per heavy atom. The minimum atomic E-state index is -0.371. The second-order valence-electron chi connectivity index (χ2n) is 3.04. The summed E-state index contributed by atoms with van der Waals surface area (Å²) in [5, 5.41) is 8.30. The highest BCUT2D eigenvalue weighted by atomic mass is 79.9. The van der Waals surface area contributed by atoms with Crippen molar-refractivity contribution in [2.75, 3.05) is 6.61 Å². The largest absolute Gasteiger partial charge is 0.491 e. The molecule has 0 amide bonds. The standard InChI is InChI=1S/C11H11BrFNO/c12-9-4-5-11(10(13)8-9)15-7-3-1-2-6-14/h4-5,8H,1-3,7H2. The molecule has 1 aromatic carbocycles. The molecule has 15 heavy (non-hydrogen) atoms. The topological polar surface area (TPSA) is 33.0 Å². The first-order chi connectivity index (χ1) is 7.24. The van der Waals surface area contributed by atoms with Crippen LogP contribution in [0, 0.1) is 17.1 Å². The predicted molar refractivity (Wildman–Crippen MR) is 59.1 cm³/mol. The Kier molecular flexibility index (Phi) is 5.13. The quantitative estimate of drug-likeness (QED) is 0.766. The Labute approximate surface area is 96.8 Å². The van der Waals surface area contributed by atoms with Crippen molar-refractivity contribution in [2.24, 2.45) is 0 Å². The van der Waals surface area contributed by atoms with Crippen LogP contribution in [0.5, 0.6) is 5.75 Å². The van der Waals surface area contributed by atoms with Gasteiger partial charge in [-0.25, -0.2) is 4.39 Å². The van der Waals surface area contributed by atoms with Crippen LogP contribution in [0.25, 0.3) is 0 Å². The normalized spacial score (nSPS) is 9.67. The van der Waals surface area contributed by atoms with Crippen molar-refractivity contribution < 1.29 is 9.13 Å². The summed E-state index contributed by atoms with van der Waals surface area (Å²) < 4.78 is 19.1. The Morgan fingerprint density at radius 3 is 2.87 bits per heavy atom. The van der Waals surface area contributed by atoms with Crippen molar-refractivity contribution >= 4 is 15.9 Å². The Morgan fingerprint density at radius 1 is 1.40 bits per heavy atom. The molecule has 0 aliphatic heterocycles. The summed E-state index contributed by atoms with van der Waals surface area (Å²) in [5.41, 5.74) is 0. The zero-order valence-electron chi connectivity index (χ0n) is 8.17. The molecule has 0 saturated carbocycles. The van der Waals surface area contributed by atoms with Gasteiger partial charge in [-0.15, -0.1) is 0 Å². The Hall–Kier alpha value is -1.08. The molecule has 0 heterocycles. The third kappa shape index (κ3) is 4.30. The fraction of sp³-hybridized carbons (Fsp3) is 0.364. The van der Waals surface area contributed by atoms with Gasteiger partial charge in [0.05, 0.1) is 12.7 Å². The molecule has 0 radical (unpaired) electrons. The Balaban J connectivity index is 2.35. The lowest BCUT2D eigenvalue weighted by Crippen LogP contribution is -1.98. The molecular weight excluding hydrogens is 261 g/mol. The van der Waals surface area contributed by atoms with Crippen molar-refractivity contribution in [3.05, 3.63) is 28.5 Å². The maximum absolute atomic E-state index is 13.2. The number of hydrogen-bond acceptors (Lipinski definition) is 2. The minimum absolute atomic E-state index is 0.259. The highest BCUT2D eigenvalue weighted by molar-refractivity contribution is 9.10. The van der Waals surface area contributed by atoms with Gasteiger partial charge in [-0.2, -0.15) is 5.26 Å². The van der Waals surface area contributed by atoms with Crippen LogP contribution in [0.3, 0.4) is 0 Å². The van der Waals surface area contributed by atoms with Crippen molar-refractivity contribution in [1.29, 1.82) is 5.26 Å². The van der Waals surface area contributed by atoms with Crippen LogP contribution in [0.15, 0.2) is 22.7 Å². The summed E-state index contributed by atoms with van der Waals surface area (Å²) >= 11 is 3.17. The number of nitriles is 1. The van der Waals surface area contributed by atoms with Gasteiger partial charge in [0.25, 0.3) is 0 Å². The second-order valence-corrected chi connectivity index (χ2v) is 3.95. The third-order valence-electron chi connectivity index (χ3n) is 1.83. The molecule has 0 unspecified atom stereocenters. The first-order valence-electron chi connectivity index (χ1n) is 4.69. The summed E-state index contributed by atoms with van der Waals surface area (Å²) in [6, 6.07) is 6.73. The van der Waals surface area contributed by atoms with Gasteiger partial charge in [-0.05, 0) is 31.0 Å². The Bertz CT molecular complexity index is 362. The lowest BCUT2D eigenvalue weighted by Gasteiger charge is -2.06. The van der Waals surface area contributed by atoms with Crippen LogP contribution in [-0.2, 0) is 0 Å². The van der Waals surface area contributed by atoms with Crippen LogP contribution in [0.1, 0.15) is 19.3 Å². The van der Waals surface area contributed by atoms with E-state index in [2.05, 4.69) is 15.9 Å². The molecule has 0 spiro atoms. The monoisotopic (exact) mass is 271 g/mol. The van der Waals surface area contributed by atoms with E-state index < -0.39 is 0 Å². The average molecular weight is 272 g/mol.